The van der Waals surface area contributed by atoms with Gasteiger partial charge < -0.3 is 5.32 Å². The second-order valence-corrected chi connectivity index (χ2v) is 8.26. The van der Waals surface area contributed by atoms with E-state index in [1.54, 1.807) is 6.92 Å². The van der Waals surface area contributed by atoms with E-state index in [4.69, 9.17) is 0 Å². The molecule has 0 radical (unpaired) electrons. The van der Waals surface area contributed by atoms with E-state index in [2.05, 4.69) is 10.3 Å². The molecule has 0 aromatic heterocycles. The lowest BCUT2D eigenvalue weighted by atomic mass is 10.1. The van der Waals surface area contributed by atoms with Gasteiger partial charge >= 0.3 is 0 Å². The fraction of sp³-hybridized carbons (Fsp3) is 0.357. The number of sulfonamides is 1. The summed E-state index contributed by atoms with van der Waals surface area (Å²) in [6.07, 6.45) is 0. The molecule has 23 heavy (non-hydrogen) atoms. The molecular weight excluding hydrogens is 338 g/mol. The van der Waals surface area contributed by atoms with Crippen LogP contribution in [0.1, 0.15) is 17.3 Å². The third-order valence-corrected chi connectivity index (χ3v) is 6.29. The maximum absolute atomic E-state index is 12.1. The molecule has 0 spiro atoms. The Morgan fingerprint density at radius 3 is 2.57 bits per heavy atom. The van der Waals surface area contributed by atoms with Crippen molar-refractivity contribution in [2.45, 2.75) is 6.92 Å². The third kappa shape index (κ3) is 3.11. The Balaban J connectivity index is 1.79. The molecule has 2 aliphatic heterocycles. The summed E-state index contributed by atoms with van der Waals surface area (Å²) in [7, 11) is -3.63. The normalized spacial score (nSPS) is 23.0. The van der Waals surface area contributed by atoms with Gasteiger partial charge in [0.1, 0.15) is 0 Å². The number of thioether (sulfide) groups is 1. The Kier molecular flexibility index (Phi) is 4.15. The van der Waals surface area contributed by atoms with Crippen LogP contribution in [0.3, 0.4) is 0 Å². The predicted octanol–water partition coefficient (Wildman–Crippen LogP) is 0.832. The number of nitrogens with zero attached hydrogens (tertiary/aromatic N) is 2. The average Bonchev–Trinajstić information content (AvgIpc) is 3.06. The molecule has 1 fully saturated rings. The number of aliphatic imine (C=N–C) groups is 1. The first-order chi connectivity index (χ1) is 10.9. The molecule has 1 aromatic rings. The van der Waals surface area contributed by atoms with Crippen molar-refractivity contribution in [2.24, 2.45) is 10.9 Å². The zero-order valence-electron chi connectivity index (χ0n) is 12.4. The van der Waals surface area contributed by atoms with Crippen molar-refractivity contribution in [3.63, 3.8) is 0 Å². The lowest BCUT2D eigenvalue weighted by Crippen LogP contribution is -2.30. The standard InChI is InChI=1S/C14H15N3O4S2/c1-9-8-23(20,21)17(13(9)19)11-4-2-10(3-5-11)12(18)16-14-15-6-7-22-14/h2-5,9H,6-8H2,1H3,(H,15,16,18). The molecule has 2 aliphatic rings. The molecular formula is C14H15N3O4S2. The largest absolute Gasteiger partial charge is 0.301 e. The molecule has 1 N–H and O–H groups in total. The van der Waals surface area contributed by atoms with Crippen LogP contribution in [0.15, 0.2) is 29.3 Å². The number of carbonyl (C=O) groups excluding carboxylic acids is 2. The molecule has 122 valence electrons. The summed E-state index contributed by atoms with van der Waals surface area (Å²) < 4.78 is 24.9. The quantitative estimate of drug-likeness (QED) is 0.850. The van der Waals surface area contributed by atoms with Crippen LogP contribution in [0.4, 0.5) is 5.69 Å². The molecule has 1 unspecified atom stereocenters. The van der Waals surface area contributed by atoms with Crippen LogP contribution in [0, 0.1) is 5.92 Å². The molecule has 2 amide bonds. The lowest BCUT2D eigenvalue weighted by molar-refractivity contribution is -0.119. The minimum atomic E-state index is -3.63. The molecule has 7 nitrogen and oxygen atoms in total. The van der Waals surface area contributed by atoms with Crippen LogP contribution < -0.4 is 9.62 Å². The molecule has 0 bridgehead atoms. The molecule has 9 heteroatoms. The Labute approximate surface area is 138 Å². The Bertz CT molecular complexity index is 787. The molecule has 0 saturated carbocycles. The highest BCUT2D eigenvalue weighted by molar-refractivity contribution is 8.14. The van der Waals surface area contributed by atoms with Gasteiger partial charge in [0, 0.05) is 11.3 Å². The van der Waals surface area contributed by atoms with Gasteiger partial charge in [-0.05, 0) is 24.3 Å². The van der Waals surface area contributed by atoms with Crippen molar-refractivity contribution >= 4 is 44.5 Å². The van der Waals surface area contributed by atoms with Gasteiger partial charge in [0.05, 0.1) is 23.9 Å². The highest BCUT2D eigenvalue weighted by Crippen LogP contribution is 2.28. The number of hydrogen-bond acceptors (Lipinski definition) is 6. The Hall–Kier alpha value is -1.87. The van der Waals surface area contributed by atoms with Crippen LogP contribution in [0.2, 0.25) is 0 Å². The SMILES string of the molecule is CC1CS(=O)(=O)N(c2ccc(C(=O)NC3=NCCS3)cc2)C1=O. The minimum Gasteiger partial charge on any atom is -0.301 e. The molecule has 1 atom stereocenters. The summed E-state index contributed by atoms with van der Waals surface area (Å²) in [6.45, 7) is 2.27. The van der Waals surface area contributed by atoms with E-state index in [0.29, 0.717) is 17.3 Å². The van der Waals surface area contributed by atoms with Gasteiger partial charge in [0.25, 0.3) is 5.91 Å². The maximum atomic E-state index is 12.1. The van der Waals surface area contributed by atoms with Crippen LogP contribution >= 0.6 is 11.8 Å². The highest BCUT2D eigenvalue weighted by Gasteiger charge is 2.41. The summed E-state index contributed by atoms with van der Waals surface area (Å²) in [6, 6.07) is 5.92. The second kappa shape index (κ2) is 5.97. The van der Waals surface area contributed by atoms with Crippen LogP contribution in [0.25, 0.3) is 0 Å². The minimum absolute atomic E-state index is 0.189. The first-order valence-electron chi connectivity index (χ1n) is 7.04. The highest BCUT2D eigenvalue weighted by atomic mass is 32.2. The number of amidine groups is 1. The zero-order valence-corrected chi connectivity index (χ0v) is 14.0. The van der Waals surface area contributed by atoms with Crippen LogP contribution in [-0.2, 0) is 14.8 Å². The van der Waals surface area contributed by atoms with Gasteiger partial charge in [-0.1, -0.05) is 18.7 Å². The van der Waals surface area contributed by atoms with Gasteiger partial charge in [-0.25, -0.2) is 12.7 Å². The first-order valence-corrected chi connectivity index (χ1v) is 9.63. The molecule has 0 aliphatic carbocycles. The first kappa shape index (κ1) is 16.0. The van der Waals surface area contributed by atoms with Gasteiger partial charge in [-0.15, -0.1) is 0 Å². The number of nitrogens with one attached hydrogen (secondary N) is 1. The number of hydrogen-bond donors (Lipinski definition) is 1. The lowest BCUT2D eigenvalue weighted by Gasteiger charge is -2.15. The molecule has 1 saturated heterocycles. The zero-order chi connectivity index (χ0) is 16.6. The Morgan fingerprint density at radius 1 is 1.35 bits per heavy atom. The van der Waals surface area contributed by atoms with Crippen molar-refractivity contribution in [2.75, 3.05) is 22.4 Å². The van der Waals surface area contributed by atoms with E-state index in [1.165, 1.54) is 36.0 Å². The molecule has 3 rings (SSSR count). The van der Waals surface area contributed by atoms with Crippen molar-refractivity contribution in [1.82, 2.24) is 5.32 Å². The van der Waals surface area contributed by atoms with E-state index < -0.39 is 21.8 Å². The maximum Gasteiger partial charge on any atom is 0.257 e. The number of rotatable bonds is 2. The van der Waals surface area contributed by atoms with E-state index in [0.717, 1.165) is 10.1 Å². The smallest absolute Gasteiger partial charge is 0.257 e. The van der Waals surface area contributed by atoms with Crippen LogP contribution in [0.5, 0.6) is 0 Å². The van der Waals surface area contributed by atoms with E-state index in [-0.39, 0.29) is 17.3 Å². The van der Waals surface area contributed by atoms with Gasteiger partial charge in [0.15, 0.2) is 5.17 Å². The molecule has 2 heterocycles. The average molecular weight is 353 g/mol. The van der Waals surface area contributed by atoms with Gasteiger partial charge in [-0.2, -0.15) is 0 Å². The fourth-order valence-electron chi connectivity index (χ4n) is 2.42. The van der Waals surface area contributed by atoms with E-state index in [1.807, 2.05) is 0 Å². The molecule has 1 aromatic carbocycles. The second-order valence-electron chi connectivity index (χ2n) is 5.32. The van der Waals surface area contributed by atoms with Crippen molar-refractivity contribution < 1.29 is 18.0 Å². The van der Waals surface area contributed by atoms with Gasteiger partial charge in [0.2, 0.25) is 15.9 Å². The summed E-state index contributed by atoms with van der Waals surface area (Å²) in [4.78, 5) is 28.2. The Morgan fingerprint density at radius 2 is 2.04 bits per heavy atom. The van der Waals surface area contributed by atoms with Gasteiger partial charge in [-0.3, -0.25) is 14.6 Å². The summed E-state index contributed by atoms with van der Waals surface area (Å²) >= 11 is 1.48. The van der Waals surface area contributed by atoms with E-state index >= 15 is 0 Å². The van der Waals surface area contributed by atoms with Crippen LogP contribution in [-0.4, -0.2) is 43.5 Å². The number of amides is 2. The van der Waals surface area contributed by atoms with Crippen molar-refractivity contribution in [3.8, 4) is 0 Å². The van der Waals surface area contributed by atoms with Crippen molar-refractivity contribution in [1.29, 1.82) is 0 Å². The summed E-state index contributed by atoms with van der Waals surface area (Å²) in [5.41, 5.74) is 0.629. The summed E-state index contributed by atoms with van der Waals surface area (Å²) in [5, 5.41) is 3.28. The fourth-order valence-corrected chi connectivity index (χ4v) is 4.96. The van der Waals surface area contributed by atoms with Crippen molar-refractivity contribution in [3.05, 3.63) is 29.8 Å². The summed E-state index contributed by atoms with van der Waals surface area (Å²) in [5.74, 6) is -0.653. The number of anilines is 1. The van der Waals surface area contributed by atoms with E-state index in [9.17, 15) is 18.0 Å². The third-order valence-electron chi connectivity index (χ3n) is 3.53. The monoisotopic (exact) mass is 353 g/mol. The number of benzene rings is 1. The predicted molar refractivity (Wildman–Crippen MR) is 89.1 cm³/mol. The number of carbonyl (C=O) groups is 2. The topological polar surface area (TPSA) is 95.9 Å².